The molecule has 0 amide bonds. The Balaban J connectivity index is 2.28. The quantitative estimate of drug-likeness (QED) is 0.617. The Hall–Kier alpha value is -2.49. The monoisotopic (exact) mass is 272 g/mol. The zero-order valence-corrected chi connectivity index (χ0v) is 11.7. The van der Waals surface area contributed by atoms with Crippen LogP contribution in [0, 0.1) is 6.92 Å². The van der Waals surface area contributed by atoms with Crippen LogP contribution in [-0.4, -0.2) is 20.0 Å². The maximum absolute atomic E-state index is 12.1. The van der Waals surface area contributed by atoms with Crippen LogP contribution in [0.3, 0.4) is 0 Å². The largest absolute Gasteiger partial charge is 0.493 e. The second-order valence-electron chi connectivity index (χ2n) is 4.24. The van der Waals surface area contributed by atoms with Gasteiger partial charge in [0.25, 0.3) is 0 Å². The van der Waals surface area contributed by atoms with Gasteiger partial charge < -0.3 is 13.9 Å². The molecule has 0 saturated heterocycles. The average molecular weight is 272 g/mol. The number of ketones is 1. The van der Waals surface area contributed by atoms with Crippen molar-refractivity contribution in [3.8, 4) is 11.5 Å². The van der Waals surface area contributed by atoms with E-state index in [1.165, 1.54) is 6.08 Å². The predicted octanol–water partition coefficient (Wildman–Crippen LogP) is 3.50. The smallest absolute Gasteiger partial charge is 0.186 e. The number of hydrogen-bond acceptors (Lipinski definition) is 4. The first kappa shape index (κ1) is 13.9. The van der Waals surface area contributed by atoms with Gasteiger partial charge in [-0.1, -0.05) is 0 Å². The Morgan fingerprint density at radius 3 is 2.65 bits per heavy atom. The molecular weight excluding hydrogens is 256 g/mol. The summed E-state index contributed by atoms with van der Waals surface area (Å²) in [4.78, 5) is 12.1. The van der Waals surface area contributed by atoms with Crippen molar-refractivity contribution in [2.75, 3.05) is 14.2 Å². The minimum atomic E-state index is -0.120. The van der Waals surface area contributed by atoms with Gasteiger partial charge in [-0.25, -0.2) is 0 Å². The van der Waals surface area contributed by atoms with Crippen LogP contribution in [0.4, 0.5) is 0 Å². The fourth-order valence-corrected chi connectivity index (χ4v) is 1.94. The Kier molecular flexibility index (Phi) is 4.25. The van der Waals surface area contributed by atoms with Crippen molar-refractivity contribution in [2.24, 2.45) is 0 Å². The Morgan fingerprint density at radius 1 is 1.25 bits per heavy atom. The van der Waals surface area contributed by atoms with E-state index in [0.29, 0.717) is 22.8 Å². The first-order valence-corrected chi connectivity index (χ1v) is 6.14. The third-order valence-corrected chi connectivity index (χ3v) is 2.89. The molecule has 2 aromatic rings. The van der Waals surface area contributed by atoms with E-state index in [0.717, 1.165) is 5.56 Å². The molecule has 0 spiro atoms. The average Bonchev–Trinajstić information content (AvgIpc) is 2.97. The minimum absolute atomic E-state index is 0.120. The van der Waals surface area contributed by atoms with Crippen LogP contribution in [0.25, 0.3) is 6.08 Å². The highest BCUT2D eigenvalue weighted by Crippen LogP contribution is 2.32. The molecule has 4 heteroatoms. The molecule has 0 fully saturated rings. The Morgan fingerprint density at radius 2 is 2.05 bits per heavy atom. The van der Waals surface area contributed by atoms with Crippen LogP contribution in [-0.2, 0) is 0 Å². The van der Waals surface area contributed by atoms with Crippen LogP contribution >= 0.6 is 0 Å². The number of furan rings is 1. The Bertz CT molecular complexity index is 624. The lowest BCUT2D eigenvalue weighted by molar-refractivity contribution is 0.104. The van der Waals surface area contributed by atoms with Gasteiger partial charge in [0.1, 0.15) is 5.76 Å². The molecule has 0 saturated carbocycles. The van der Waals surface area contributed by atoms with Crippen LogP contribution < -0.4 is 9.47 Å². The highest BCUT2D eigenvalue weighted by atomic mass is 16.5. The van der Waals surface area contributed by atoms with E-state index in [1.807, 2.05) is 6.92 Å². The van der Waals surface area contributed by atoms with Gasteiger partial charge in [0.05, 0.1) is 20.5 Å². The summed E-state index contributed by atoms with van der Waals surface area (Å²) in [6.07, 6.45) is 4.67. The van der Waals surface area contributed by atoms with Gasteiger partial charge in [-0.05, 0) is 48.9 Å². The molecule has 1 aromatic carbocycles. The normalized spacial score (nSPS) is 10.8. The number of rotatable bonds is 5. The van der Waals surface area contributed by atoms with E-state index in [2.05, 4.69) is 0 Å². The maximum atomic E-state index is 12.1. The summed E-state index contributed by atoms with van der Waals surface area (Å²) in [5.74, 6) is 1.70. The van der Waals surface area contributed by atoms with Gasteiger partial charge >= 0.3 is 0 Å². The van der Waals surface area contributed by atoms with Crippen molar-refractivity contribution in [1.29, 1.82) is 0 Å². The molecule has 0 atom stereocenters. The fraction of sp³-hybridized carbons (Fsp3) is 0.188. The molecule has 0 aliphatic rings. The highest BCUT2D eigenvalue weighted by molar-refractivity contribution is 6.07. The van der Waals surface area contributed by atoms with Crippen molar-refractivity contribution in [2.45, 2.75) is 6.92 Å². The van der Waals surface area contributed by atoms with E-state index in [1.54, 1.807) is 50.8 Å². The van der Waals surface area contributed by atoms with E-state index < -0.39 is 0 Å². The summed E-state index contributed by atoms with van der Waals surface area (Å²) in [5, 5.41) is 0. The topological polar surface area (TPSA) is 48.7 Å². The minimum Gasteiger partial charge on any atom is -0.493 e. The van der Waals surface area contributed by atoms with Gasteiger partial charge in [0.2, 0.25) is 0 Å². The van der Waals surface area contributed by atoms with E-state index in [-0.39, 0.29) is 5.78 Å². The van der Waals surface area contributed by atoms with Crippen molar-refractivity contribution in [1.82, 2.24) is 0 Å². The van der Waals surface area contributed by atoms with Gasteiger partial charge in [-0.2, -0.15) is 0 Å². The molecular formula is C16H16O4. The zero-order chi connectivity index (χ0) is 14.5. The first-order chi connectivity index (χ1) is 9.65. The summed E-state index contributed by atoms with van der Waals surface area (Å²) in [7, 11) is 3.12. The van der Waals surface area contributed by atoms with Crippen LogP contribution in [0.5, 0.6) is 11.5 Å². The highest BCUT2D eigenvalue weighted by Gasteiger charge is 2.12. The van der Waals surface area contributed by atoms with Gasteiger partial charge in [0, 0.05) is 5.56 Å². The maximum Gasteiger partial charge on any atom is 0.186 e. The molecule has 0 aliphatic heterocycles. The lowest BCUT2D eigenvalue weighted by atomic mass is 10.1. The number of benzene rings is 1. The third kappa shape index (κ3) is 2.91. The van der Waals surface area contributed by atoms with Crippen LogP contribution in [0.2, 0.25) is 0 Å². The molecule has 0 unspecified atom stereocenters. The second-order valence-corrected chi connectivity index (χ2v) is 4.24. The van der Waals surface area contributed by atoms with Crippen molar-refractivity contribution >= 4 is 11.9 Å². The van der Waals surface area contributed by atoms with Crippen LogP contribution in [0.1, 0.15) is 21.7 Å². The van der Waals surface area contributed by atoms with E-state index in [9.17, 15) is 4.79 Å². The van der Waals surface area contributed by atoms with Gasteiger partial charge in [-0.15, -0.1) is 0 Å². The Labute approximate surface area is 117 Å². The summed E-state index contributed by atoms with van der Waals surface area (Å²) < 4.78 is 15.6. The van der Waals surface area contributed by atoms with Crippen molar-refractivity contribution < 1.29 is 18.7 Å². The molecule has 1 heterocycles. The number of carbonyl (C=O) groups is 1. The summed E-state index contributed by atoms with van der Waals surface area (Å²) >= 11 is 0. The van der Waals surface area contributed by atoms with Crippen LogP contribution in [0.15, 0.2) is 41.0 Å². The molecule has 0 N–H and O–H groups in total. The molecule has 104 valence electrons. The van der Waals surface area contributed by atoms with Crippen molar-refractivity contribution in [3.63, 3.8) is 0 Å². The molecule has 0 bridgehead atoms. The SMILES string of the molecule is COc1cc(C(=O)/C=C/c2ccco2)cc(C)c1OC. The molecule has 0 aliphatic carbocycles. The molecule has 1 aromatic heterocycles. The number of hydrogen-bond donors (Lipinski definition) is 0. The summed E-state index contributed by atoms with van der Waals surface area (Å²) in [6.45, 7) is 1.87. The lowest BCUT2D eigenvalue weighted by Gasteiger charge is -2.11. The molecule has 2 rings (SSSR count). The number of aryl methyl sites for hydroxylation is 1. The number of ether oxygens (including phenoxy) is 2. The van der Waals surface area contributed by atoms with Crippen molar-refractivity contribution in [3.05, 3.63) is 53.5 Å². The number of methoxy groups -OCH3 is 2. The first-order valence-electron chi connectivity index (χ1n) is 6.14. The molecule has 0 radical (unpaired) electrons. The van der Waals surface area contributed by atoms with Gasteiger partial charge in [-0.3, -0.25) is 4.79 Å². The fourth-order valence-electron chi connectivity index (χ4n) is 1.94. The second kappa shape index (κ2) is 6.10. The number of carbonyl (C=O) groups excluding carboxylic acids is 1. The predicted molar refractivity (Wildman–Crippen MR) is 76.4 cm³/mol. The standard InChI is InChI=1S/C16H16O4/c1-11-9-12(10-15(18-2)16(11)19-3)14(17)7-6-13-5-4-8-20-13/h4-10H,1-3H3/b7-6+. The molecule has 20 heavy (non-hydrogen) atoms. The lowest BCUT2D eigenvalue weighted by Crippen LogP contribution is -1.99. The van der Waals surface area contributed by atoms with Gasteiger partial charge in [0.15, 0.2) is 17.3 Å². The van der Waals surface area contributed by atoms with E-state index in [4.69, 9.17) is 13.9 Å². The van der Waals surface area contributed by atoms with E-state index >= 15 is 0 Å². The molecule has 4 nitrogen and oxygen atoms in total. The number of allylic oxidation sites excluding steroid dienone is 1. The third-order valence-electron chi connectivity index (χ3n) is 2.89. The summed E-state index contributed by atoms with van der Waals surface area (Å²) in [5.41, 5.74) is 1.39. The zero-order valence-electron chi connectivity index (χ0n) is 11.7. The summed E-state index contributed by atoms with van der Waals surface area (Å²) in [6, 6.07) is 6.99.